The Kier molecular flexibility index (Phi) is 11.2. The molecule has 0 spiro atoms. The third-order valence-corrected chi connectivity index (χ3v) is 8.70. The van der Waals surface area contributed by atoms with Gasteiger partial charge in [-0.1, -0.05) is 44.6 Å². The quantitative estimate of drug-likeness (QED) is 0.229. The highest BCUT2D eigenvalue weighted by atomic mass is 15.3. The molecule has 1 saturated heterocycles. The Morgan fingerprint density at radius 2 is 1.82 bits per heavy atom. The molecule has 1 aromatic rings. The molecule has 2 unspecified atom stereocenters. The SMILES string of the molecule is C\C=C(/C=C(C)\C(=N/C(=C\C(C)=C1CCC1)c1ccc(C)c(C)c1)C(C)CC)N1CCN(CCC)C(C)C1. The first-order valence-corrected chi connectivity index (χ1v) is 15.1. The summed E-state index contributed by atoms with van der Waals surface area (Å²) in [6.45, 7) is 24.9. The van der Waals surface area contributed by atoms with Crippen LogP contribution in [0.5, 0.6) is 0 Å². The van der Waals surface area contributed by atoms with Crippen LogP contribution in [0.15, 0.2) is 63.8 Å². The van der Waals surface area contributed by atoms with Gasteiger partial charge in [0.25, 0.3) is 0 Å². The van der Waals surface area contributed by atoms with Crippen molar-refractivity contribution in [1.82, 2.24) is 9.80 Å². The maximum Gasteiger partial charge on any atom is 0.0708 e. The van der Waals surface area contributed by atoms with E-state index in [0.29, 0.717) is 12.0 Å². The van der Waals surface area contributed by atoms with Crippen LogP contribution >= 0.6 is 0 Å². The van der Waals surface area contributed by atoms with Gasteiger partial charge in [0.2, 0.25) is 0 Å². The molecular formula is C35H53N3. The molecule has 0 bridgehead atoms. The number of aryl methyl sites for hydroxylation is 2. The summed E-state index contributed by atoms with van der Waals surface area (Å²) in [7, 11) is 0. The highest BCUT2D eigenvalue weighted by molar-refractivity contribution is 6.04. The molecule has 0 N–H and O–H groups in total. The van der Waals surface area contributed by atoms with E-state index in [1.165, 1.54) is 71.5 Å². The number of rotatable bonds is 10. The summed E-state index contributed by atoms with van der Waals surface area (Å²) in [6, 6.07) is 7.38. The molecule has 1 saturated carbocycles. The average Bonchev–Trinajstić information content (AvgIpc) is 2.86. The molecule has 0 radical (unpaired) electrons. The summed E-state index contributed by atoms with van der Waals surface area (Å²) in [4.78, 5) is 10.7. The Hall–Kier alpha value is -2.39. The molecule has 2 fully saturated rings. The zero-order valence-corrected chi connectivity index (χ0v) is 25.8. The Labute approximate surface area is 234 Å². The minimum atomic E-state index is 0.385. The van der Waals surface area contributed by atoms with Gasteiger partial charge in [0.1, 0.15) is 0 Å². The molecule has 1 aliphatic carbocycles. The fourth-order valence-electron chi connectivity index (χ4n) is 5.55. The fraction of sp³-hybridized carbons (Fsp3) is 0.571. The van der Waals surface area contributed by atoms with Crippen molar-refractivity contribution in [2.45, 2.75) is 100 Å². The van der Waals surface area contributed by atoms with Gasteiger partial charge >= 0.3 is 0 Å². The maximum absolute atomic E-state index is 5.47. The molecule has 0 amide bonds. The fourth-order valence-corrected chi connectivity index (χ4v) is 5.55. The molecule has 2 aliphatic rings. The number of allylic oxidation sites excluding steroid dienone is 6. The maximum atomic E-state index is 5.47. The van der Waals surface area contributed by atoms with Crippen LogP contribution in [0.4, 0.5) is 0 Å². The summed E-state index contributed by atoms with van der Waals surface area (Å²) in [5, 5.41) is 0. The van der Waals surface area contributed by atoms with E-state index in [4.69, 9.17) is 4.99 Å². The lowest BCUT2D eigenvalue weighted by Crippen LogP contribution is -2.51. The summed E-state index contributed by atoms with van der Waals surface area (Å²) in [5.74, 6) is 0.385. The number of hydrogen-bond donors (Lipinski definition) is 0. The normalized spacial score (nSPS) is 21.0. The molecule has 3 rings (SSSR count). The van der Waals surface area contributed by atoms with Crippen LogP contribution in [0.3, 0.4) is 0 Å². The predicted octanol–water partition coefficient (Wildman–Crippen LogP) is 8.90. The van der Waals surface area contributed by atoms with Gasteiger partial charge in [0.15, 0.2) is 0 Å². The first-order valence-electron chi connectivity index (χ1n) is 15.1. The summed E-state index contributed by atoms with van der Waals surface area (Å²) in [6.07, 6.45) is 13.1. The molecular weight excluding hydrogens is 462 g/mol. The lowest BCUT2D eigenvalue weighted by molar-refractivity contribution is 0.107. The van der Waals surface area contributed by atoms with Gasteiger partial charge in [-0.2, -0.15) is 0 Å². The van der Waals surface area contributed by atoms with E-state index in [-0.39, 0.29) is 0 Å². The molecule has 2 atom stereocenters. The third-order valence-electron chi connectivity index (χ3n) is 8.70. The van der Waals surface area contributed by atoms with Gasteiger partial charge in [-0.25, -0.2) is 0 Å². The molecule has 38 heavy (non-hydrogen) atoms. The van der Waals surface area contributed by atoms with Crippen molar-refractivity contribution in [2.75, 3.05) is 26.2 Å². The zero-order chi connectivity index (χ0) is 27.8. The van der Waals surface area contributed by atoms with Gasteiger partial charge in [0.05, 0.1) is 5.70 Å². The van der Waals surface area contributed by atoms with Crippen LogP contribution in [0.2, 0.25) is 0 Å². The lowest BCUT2D eigenvalue weighted by atomic mass is 9.88. The number of aliphatic imine (C=N–C) groups is 1. The van der Waals surface area contributed by atoms with Crippen molar-refractivity contribution in [3.8, 4) is 0 Å². The van der Waals surface area contributed by atoms with Crippen LogP contribution in [0.1, 0.15) is 97.3 Å². The molecule has 3 heteroatoms. The van der Waals surface area contributed by atoms with Crippen molar-refractivity contribution >= 4 is 11.4 Å². The molecule has 1 aromatic carbocycles. The Bertz CT molecular complexity index is 1110. The second-order valence-corrected chi connectivity index (χ2v) is 11.6. The van der Waals surface area contributed by atoms with Crippen molar-refractivity contribution in [3.05, 3.63) is 75.5 Å². The van der Waals surface area contributed by atoms with Crippen LogP contribution < -0.4 is 0 Å². The minimum absolute atomic E-state index is 0.385. The van der Waals surface area contributed by atoms with E-state index >= 15 is 0 Å². The first kappa shape index (κ1) is 30.2. The van der Waals surface area contributed by atoms with Crippen LogP contribution in [0.25, 0.3) is 5.70 Å². The summed E-state index contributed by atoms with van der Waals surface area (Å²) in [5.41, 5.74) is 11.8. The van der Waals surface area contributed by atoms with E-state index in [1.54, 1.807) is 5.57 Å². The van der Waals surface area contributed by atoms with Crippen LogP contribution in [-0.4, -0.2) is 47.7 Å². The number of hydrogen-bond acceptors (Lipinski definition) is 3. The van der Waals surface area contributed by atoms with Crippen molar-refractivity contribution in [1.29, 1.82) is 0 Å². The standard InChI is InChI=1S/C35H53N3/c1-10-18-37-19-20-38(24-30(37)9)33(12-3)22-29(8)35(25(4)11-2)36-34(23-28(7)31-14-13-15-31)32-17-16-26(5)27(6)21-32/h12,16-17,21-23,25,30H,10-11,13-15,18-20,24H2,1-9H3/b29-22-,33-12+,34-23-,36-35-. The van der Waals surface area contributed by atoms with Gasteiger partial charge < -0.3 is 4.90 Å². The molecule has 3 nitrogen and oxygen atoms in total. The topological polar surface area (TPSA) is 18.8 Å². The second-order valence-electron chi connectivity index (χ2n) is 11.6. The lowest BCUT2D eigenvalue weighted by Gasteiger charge is -2.41. The van der Waals surface area contributed by atoms with Crippen molar-refractivity contribution in [2.24, 2.45) is 10.9 Å². The number of piperazine rings is 1. The third kappa shape index (κ3) is 7.59. The summed E-state index contributed by atoms with van der Waals surface area (Å²) >= 11 is 0. The van der Waals surface area contributed by atoms with E-state index in [2.05, 4.69) is 109 Å². The van der Waals surface area contributed by atoms with Crippen molar-refractivity contribution in [3.63, 3.8) is 0 Å². The highest BCUT2D eigenvalue weighted by Crippen LogP contribution is 2.32. The first-order chi connectivity index (χ1) is 18.2. The Morgan fingerprint density at radius 1 is 1.08 bits per heavy atom. The Morgan fingerprint density at radius 3 is 2.37 bits per heavy atom. The van der Waals surface area contributed by atoms with Crippen LogP contribution in [0, 0.1) is 19.8 Å². The average molecular weight is 516 g/mol. The van der Waals surface area contributed by atoms with Gasteiger partial charge in [-0.3, -0.25) is 9.89 Å². The number of nitrogens with zero attached hydrogens (tertiary/aromatic N) is 3. The molecule has 1 heterocycles. The van der Waals surface area contributed by atoms with E-state index in [0.717, 1.165) is 31.8 Å². The second kappa shape index (κ2) is 14.1. The zero-order valence-electron chi connectivity index (χ0n) is 25.8. The molecule has 208 valence electrons. The molecule has 0 aromatic heterocycles. The minimum Gasteiger partial charge on any atom is -0.369 e. The summed E-state index contributed by atoms with van der Waals surface area (Å²) < 4.78 is 0. The highest BCUT2D eigenvalue weighted by Gasteiger charge is 2.24. The van der Waals surface area contributed by atoms with E-state index in [1.807, 2.05) is 0 Å². The Balaban J connectivity index is 2.01. The van der Waals surface area contributed by atoms with Crippen molar-refractivity contribution < 1.29 is 0 Å². The number of benzene rings is 1. The predicted molar refractivity (Wildman–Crippen MR) is 168 cm³/mol. The van der Waals surface area contributed by atoms with E-state index in [9.17, 15) is 0 Å². The van der Waals surface area contributed by atoms with E-state index < -0.39 is 0 Å². The largest absolute Gasteiger partial charge is 0.369 e. The monoisotopic (exact) mass is 515 g/mol. The van der Waals surface area contributed by atoms with Gasteiger partial charge in [0, 0.05) is 42.6 Å². The van der Waals surface area contributed by atoms with Crippen LogP contribution in [-0.2, 0) is 0 Å². The van der Waals surface area contributed by atoms with Gasteiger partial charge in [-0.05, 0) is 127 Å². The molecule has 1 aliphatic heterocycles. The smallest absolute Gasteiger partial charge is 0.0708 e. The van der Waals surface area contributed by atoms with Gasteiger partial charge in [-0.15, -0.1) is 0 Å².